The van der Waals surface area contributed by atoms with Crippen molar-refractivity contribution in [3.8, 4) is 0 Å². The van der Waals surface area contributed by atoms with Gasteiger partial charge in [0.15, 0.2) is 25.0 Å². The fourth-order valence-electron chi connectivity index (χ4n) is 11.2. The van der Waals surface area contributed by atoms with Gasteiger partial charge in [0.05, 0.1) is 68.0 Å². The molecule has 4 heterocycles. The fraction of sp³-hybridized carbons (Fsp3) is 0.631. The van der Waals surface area contributed by atoms with Crippen molar-refractivity contribution in [2.75, 3.05) is 41.6 Å². The SMILES string of the molecule is C/C=C\C=C\[C@@H]1O[C@](O)([C@H](CO[C@H]2C[C@H](OC)[C@H](O[C@@H]3C[C@@H](OC)[C@@H](O[C@H]4C[C@H](OC)[C@H](O)[C@H](C)O4)[C@H](C)O3)[C@H](C)O2)C(=O)NC/C=C/C=C(\C)C(OC)C(C)C(=O)CC(O)C/C=C/C=C/C=C/C(=O)O)[C@H](OC(=O)Cc2ccccc2)[C@H](O)C1(C)C. The van der Waals surface area contributed by atoms with E-state index in [4.69, 9.17) is 61.9 Å². The van der Waals surface area contributed by atoms with Gasteiger partial charge in [0.25, 0.3) is 0 Å². The molecule has 1 aromatic rings. The van der Waals surface area contributed by atoms with Crippen molar-refractivity contribution >= 4 is 23.6 Å². The molecule has 0 spiro atoms. The third-order valence-corrected chi connectivity index (χ3v) is 16.3. The molecule has 20 atom stereocenters. The zero-order chi connectivity index (χ0) is 64.0. The molecule has 87 heavy (non-hydrogen) atoms. The standard InChI is InChI=1S/C65H95NO21/c1-13-14-19-30-51-64(7,8)61(73)62(84-53(71)33-44-27-20-18-21-28-44)65(75,87-51)46(63(74)66-32-25-24-26-39(2)58(79-12)40(3)47(68)34-45(67)29-22-16-15-17-23-31-52(69)70)38-80-54-36-49(77-10)59(42(5)82-54)86-56-37-50(78-11)60(43(6)83-56)85-55-35-48(76-9)57(72)41(4)81-55/h13-28,30-31,40-43,45-46,48-51,54-62,67,72-73,75H,29,32-38H2,1-12H3,(H,66,74)(H,69,70)/b14-13-,17-15+,22-16+,25-24+,30-19+,31-23+,39-26+/t40?,41-,42-,43-,45?,46+,48-,49-,50+,51-,54+,55-,56+,57+,58?,59+,60-,61-,62+,65+/m0/s1. The Morgan fingerprint density at radius 2 is 1.38 bits per heavy atom. The van der Waals surface area contributed by atoms with Crippen LogP contribution in [0, 0.1) is 17.3 Å². The Labute approximate surface area is 512 Å². The maximum absolute atomic E-state index is 14.9. The normalized spacial score (nSPS) is 33.1. The minimum Gasteiger partial charge on any atom is -0.478 e. The molecule has 4 aliphatic heterocycles. The zero-order valence-corrected chi connectivity index (χ0v) is 52.3. The molecule has 6 N–H and O–H groups in total. The molecular weight excluding hydrogens is 1130 g/mol. The molecular formula is C65H95NO21. The average Bonchev–Trinajstić information content (AvgIpc) is 1.29. The van der Waals surface area contributed by atoms with E-state index >= 15 is 0 Å². The Morgan fingerprint density at radius 1 is 0.782 bits per heavy atom. The molecule has 4 saturated heterocycles. The lowest BCUT2D eigenvalue weighted by molar-refractivity contribution is -0.368. The van der Waals surface area contributed by atoms with Crippen LogP contribution in [0.15, 0.2) is 115 Å². The number of carbonyl (C=O) groups excluding carboxylic acids is 3. The Morgan fingerprint density at radius 3 is 1.99 bits per heavy atom. The van der Waals surface area contributed by atoms with E-state index in [-0.39, 0.29) is 44.4 Å². The maximum Gasteiger partial charge on any atom is 0.328 e. The van der Waals surface area contributed by atoms with Gasteiger partial charge in [-0.05, 0) is 52.2 Å². The monoisotopic (exact) mass is 1230 g/mol. The third kappa shape index (κ3) is 20.7. The summed E-state index contributed by atoms with van der Waals surface area (Å²) < 4.78 is 74.0. The minimum absolute atomic E-state index is 0.0816. The summed E-state index contributed by atoms with van der Waals surface area (Å²) in [6.45, 7) is 13.4. The smallest absolute Gasteiger partial charge is 0.328 e. The number of allylic oxidation sites excluding steroid dienone is 9. The number of nitrogens with one attached hydrogen (secondary N) is 1. The van der Waals surface area contributed by atoms with Gasteiger partial charge >= 0.3 is 11.9 Å². The van der Waals surface area contributed by atoms with E-state index in [0.29, 0.717) is 17.6 Å². The number of benzene rings is 1. The van der Waals surface area contributed by atoms with Crippen LogP contribution in [0.5, 0.6) is 0 Å². The van der Waals surface area contributed by atoms with Crippen LogP contribution in [-0.2, 0) is 82.4 Å². The molecule has 1 aromatic carbocycles. The van der Waals surface area contributed by atoms with Gasteiger partial charge in [-0.25, -0.2) is 4.79 Å². The van der Waals surface area contributed by atoms with Crippen molar-refractivity contribution in [1.29, 1.82) is 0 Å². The van der Waals surface area contributed by atoms with E-state index in [0.717, 1.165) is 6.08 Å². The summed E-state index contributed by atoms with van der Waals surface area (Å²) >= 11 is 0. The van der Waals surface area contributed by atoms with Crippen LogP contribution in [0.4, 0.5) is 0 Å². The van der Waals surface area contributed by atoms with Gasteiger partial charge in [-0.15, -0.1) is 0 Å². The number of carboxylic acid groups (broad SMARTS) is 1. The number of aliphatic hydroxyl groups is 4. The minimum atomic E-state index is -2.73. The highest BCUT2D eigenvalue weighted by Gasteiger charge is 2.63. The lowest BCUT2D eigenvalue weighted by Crippen LogP contribution is -2.71. The first-order valence-corrected chi connectivity index (χ1v) is 29.8. The van der Waals surface area contributed by atoms with E-state index < -0.39 is 152 Å². The number of ketones is 1. The highest BCUT2D eigenvalue weighted by molar-refractivity contribution is 5.82. The van der Waals surface area contributed by atoms with Gasteiger partial charge < -0.3 is 87.7 Å². The van der Waals surface area contributed by atoms with Crippen LogP contribution in [-0.4, -0.2) is 201 Å². The van der Waals surface area contributed by atoms with Crippen molar-refractivity contribution in [2.24, 2.45) is 17.3 Å². The van der Waals surface area contributed by atoms with Gasteiger partial charge in [0.1, 0.15) is 36.1 Å². The number of aliphatic hydroxyl groups excluding tert-OH is 3. The number of amides is 1. The summed E-state index contributed by atoms with van der Waals surface area (Å²) in [5.41, 5.74) is 0.0847. The van der Waals surface area contributed by atoms with Crippen molar-refractivity contribution < 1.29 is 102 Å². The number of esters is 1. The predicted molar refractivity (Wildman–Crippen MR) is 319 cm³/mol. The molecule has 0 saturated carbocycles. The summed E-state index contributed by atoms with van der Waals surface area (Å²) in [5.74, 6) is -7.97. The molecule has 1 amide bonds. The maximum atomic E-state index is 14.9. The quantitative estimate of drug-likeness (QED) is 0.0295. The number of carbonyl (C=O) groups is 4. The average molecular weight is 1230 g/mol. The van der Waals surface area contributed by atoms with Crippen LogP contribution >= 0.6 is 0 Å². The summed E-state index contributed by atoms with van der Waals surface area (Å²) in [7, 11) is 6.10. The number of hydrogen-bond acceptors (Lipinski definition) is 20. The first kappa shape index (κ1) is 72.6. The highest BCUT2D eigenvalue weighted by Crippen LogP contribution is 2.46. The van der Waals surface area contributed by atoms with Gasteiger partial charge in [0.2, 0.25) is 11.7 Å². The van der Waals surface area contributed by atoms with Crippen LogP contribution < -0.4 is 5.32 Å². The molecule has 0 bridgehead atoms. The number of methoxy groups -OCH3 is 4. The summed E-state index contributed by atoms with van der Waals surface area (Å²) in [6.07, 6.45) is 7.17. The molecule has 4 fully saturated rings. The molecule has 5 rings (SSSR count). The van der Waals surface area contributed by atoms with Crippen LogP contribution in [0.2, 0.25) is 0 Å². The number of rotatable bonds is 31. The summed E-state index contributed by atoms with van der Waals surface area (Å²) in [6, 6.07) is 8.79. The van der Waals surface area contributed by atoms with Crippen LogP contribution in [0.3, 0.4) is 0 Å². The Hall–Kier alpha value is -5.12. The second-order valence-corrected chi connectivity index (χ2v) is 23.1. The number of Topliss-reactive ketones (excluding diaryl/α,β-unsaturated/α-hetero) is 1. The molecule has 22 heteroatoms. The first-order valence-electron chi connectivity index (χ1n) is 29.8. The van der Waals surface area contributed by atoms with Crippen molar-refractivity contribution in [2.45, 2.75) is 204 Å². The molecule has 3 unspecified atom stereocenters. The van der Waals surface area contributed by atoms with E-state index in [9.17, 15) is 39.6 Å². The van der Waals surface area contributed by atoms with E-state index in [2.05, 4.69) is 5.32 Å². The largest absolute Gasteiger partial charge is 0.478 e. The zero-order valence-electron chi connectivity index (χ0n) is 52.3. The Kier molecular flexibility index (Phi) is 29.5. The van der Waals surface area contributed by atoms with Crippen molar-refractivity contribution in [1.82, 2.24) is 5.32 Å². The third-order valence-electron chi connectivity index (χ3n) is 16.3. The van der Waals surface area contributed by atoms with Gasteiger partial charge in [0, 0.05) is 78.1 Å². The second-order valence-electron chi connectivity index (χ2n) is 23.1. The van der Waals surface area contributed by atoms with E-state index in [1.54, 1.807) is 140 Å². The molecule has 0 radical (unpaired) electrons. The summed E-state index contributed by atoms with van der Waals surface area (Å²) in [5, 5.41) is 58.1. The fourth-order valence-corrected chi connectivity index (χ4v) is 11.2. The summed E-state index contributed by atoms with van der Waals surface area (Å²) in [4.78, 5) is 52.7. The van der Waals surface area contributed by atoms with E-state index in [1.807, 2.05) is 13.8 Å². The van der Waals surface area contributed by atoms with E-state index in [1.165, 1.54) is 33.5 Å². The number of aliphatic carboxylic acids is 1. The van der Waals surface area contributed by atoms with Crippen molar-refractivity contribution in [3.05, 3.63) is 120 Å². The Bertz CT molecular complexity index is 2530. The topological polar surface area (TPSA) is 292 Å². The molecule has 22 nitrogen and oxygen atoms in total. The predicted octanol–water partition coefficient (Wildman–Crippen LogP) is 5.69. The lowest BCUT2D eigenvalue weighted by Gasteiger charge is -2.54. The van der Waals surface area contributed by atoms with Gasteiger partial charge in [-0.1, -0.05) is 124 Å². The molecule has 0 aliphatic carbocycles. The number of carboxylic acids is 1. The van der Waals surface area contributed by atoms with Crippen molar-refractivity contribution in [3.63, 3.8) is 0 Å². The number of ether oxygens (including phenoxy) is 12. The van der Waals surface area contributed by atoms with Crippen LogP contribution in [0.25, 0.3) is 0 Å². The lowest BCUT2D eigenvalue weighted by atomic mass is 9.71. The van der Waals surface area contributed by atoms with Gasteiger partial charge in [-0.2, -0.15) is 0 Å². The Balaban J connectivity index is 1.35. The highest BCUT2D eigenvalue weighted by atomic mass is 16.7. The first-order chi connectivity index (χ1) is 41.4. The van der Waals surface area contributed by atoms with Crippen LogP contribution in [0.1, 0.15) is 93.1 Å². The molecule has 486 valence electrons. The molecule has 0 aromatic heterocycles. The van der Waals surface area contributed by atoms with Gasteiger partial charge in [-0.3, -0.25) is 14.4 Å². The second kappa shape index (κ2) is 35.3. The number of hydrogen-bond donors (Lipinski definition) is 6. The molecule has 4 aliphatic rings.